The number of nitrogen functional groups attached to an aromatic ring is 1. The minimum atomic E-state index is 0.759. The number of pyridine rings is 1. The molecule has 0 saturated heterocycles. The van der Waals surface area contributed by atoms with Crippen LogP contribution in [0.15, 0.2) is 48.7 Å². The zero-order valence-corrected chi connectivity index (χ0v) is 8.64. The molecule has 0 aliphatic carbocycles. The first kappa shape index (κ1) is 8.97. The van der Waals surface area contributed by atoms with Gasteiger partial charge in [0.05, 0.1) is 11.4 Å². The summed E-state index contributed by atoms with van der Waals surface area (Å²) in [5.74, 6) is 0. The molecule has 0 saturated carbocycles. The van der Waals surface area contributed by atoms with Crippen LogP contribution in [0, 0.1) is 0 Å². The second-order valence-corrected chi connectivity index (χ2v) is 3.68. The molecule has 0 unspecified atom stereocenters. The van der Waals surface area contributed by atoms with E-state index < -0.39 is 0 Å². The molecule has 3 N–H and O–H groups in total. The predicted octanol–water partition coefficient (Wildman–Crippen LogP) is 2.81. The Hall–Kier alpha value is -2.29. The van der Waals surface area contributed by atoms with Gasteiger partial charge in [-0.3, -0.25) is 0 Å². The highest BCUT2D eigenvalue weighted by Crippen LogP contribution is 2.30. The van der Waals surface area contributed by atoms with E-state index >= 15 is 0 Å². The van der Waals surface area contributed by atoms with Crippen molar-refractivity contribution in [1.29, 1.82) is 0 Å². The second kappa shape index (κ2) is 3.38. The molecule has 0 aliphatic heterocycles. The highest BCUT2D eigenvalue weighted by atomic mass is 14.9. The zero-order chi connectivity index (χ0) is 11.0. The maximum absolute atomic E-state index is 6.10. The van der Waals surface area contributed by atoms with Crippen molar-refractivity contribution in [3.8, 4) is 11.3 Å². The Kier molecular flexibility index (Phi) is 1.90. The minimum Gasteiger partial charge on any atom is -0.396 e. The Morgan fingerprint density at radius 1 is 1.00 bits per heavy atom. The lowest BCUT2D eigenvalue weighted by molar-refractivity contribution is 1.32. The molecule has 78 valence electrons. The first-order valence-corrected chi connectivity index (χ1v) is 5.14. The fourth-order valence-corrected chi connectivity index (χ4v) is 1.88. The van der Waals surface area contributed by atoms with Gasteiger partial charge >= 0.3 is 0 Å². The molecule has 0 bridgehead atoms. The summed E-state index contributed by atoms with van der Waals surface area (Å²) in [7, 11) is 0. The summed E-state index contributed by atoms with van der Waals surface area (Å²) in [5.41, 5.74) is 9.71. The Bertz CT molecular complexity index is 626. The molecule has 2 aromatic heterocycles. The lowest BCUT2D eigenvalue weighted by Gasteiger charge is -1.98. The third-order valence-electron chi connectivity index (χ3n) is 2.67. The highest BCUT2D eigenvalue weighted by Gasteiger charge is 2.09. The number of aromatic nitrogens is 2. The lowest BCUT2D eigenvalue weighted by atomic mass is 10.1. The third-order valence-corrected chi connectivity index (χ3v) is 2.67. The number of rotatable bonds is 1. The average Bonchev–Trinajstić information content (AvgIpc) is 2.69. The molecule has 16 heavy (non-hydrogen) atoms. The molecule has 1 aromatic carbocycles. The number of anilines is 1. The molecule has 2 heterocycles. The van der Waals surface area contributed by atoms with Crippen LogP contribution in [0.1, 0.15) is 0 Å². The Morgan fingerprint density at radius 3 is 2.56 bits per heavy atom. The fourth-order valence-electron chi connectivity index (χ4n) is 1.88. The van der Waals surface area contributed by atoms with Gasteiger partial charge in [-0.25, -0.2) is 4.98 Å². The largest absolute Gasteiger partial charge is 0.396 e. The summed E-state index contributed by atoms with van der Waals surface area (Å²) in [6, 6.07) is 13.9. The van der Waals surface area contributed by atoms with Crippen LogP contribution in [0.4, 0.5) is 5.69 Å². The second-order valence-electron chi connectivity index (χ2n) is 3.68. The van der Waals surface area contributed by atoms with Crippen molar-refractivity contribution in [2.24, 2.45) is 0 Å². The van der Waals surface area contributed by atoms with Crippen molar-refractivity contribution in [2.75, 3.05) is 5.73 Å². The van der Waals surface area contributed by atoms with Gasteiger partial charge in [-0.05, 0) is 12.1 Å². The average molecular weight is 209 g/mol. The number of nitrogens with one attached hydrogen (secondary N) is 1. The summed E-state index contributed by atoms with van der Waals surface area (Å²) in [6.45, 7) is 0. The van der Waals surface area contributed by atoms with E-state index in [9.17, 15) is 0 Å². The van der Waals surface area contributed by atoms with E-state index in [1.807, 2.05) is 42.5 Å². The van der Waals surface area contributed by atoms with E-state index in [1.54, 1.807) is 6.20 Å². The molecule has 3 aromatic rings. The molecule has 0 fully saturated rings. The SMILES string of the molecule is Nc1c(-c2ccccc2)[nH]c2ncccc12. The third kappa shape index (κ3) is 1.26. The van der Waals surface area contributed by atoms with Crippen molar-refractivity contribution in [3.63, 3.8) is 0 Å². The first-order chi connectivity index (χ1) is 7.86. The molecule has 0 spiro atoms. The number of nitrogens with zero attached hydrogens (tertiary/aromatic N) is 1. The highest BCUT2D eigenvalue weighted by molar-refractivity contribution is 5.97. The monoisotopic (exact) mass is 209 g/mol. The van der Waals surface area contributed by atoms with Gasteiger partial charge in [0.1, 0.15) is 5.65 Å². The molecule has 3 heteroatoms. The van der Waals surface area contributed by atoms with Gasteiger partial charge < -0.3 is 10.7 Å². The molecular weight excluding hydrogens is 198 g/mol. The van der Waals surface area contributed by atoms with E-state index in [2.05, 4.69) is 9.97 Å². The van der Waals surface area contributed by atoms with Gasteiger partial charge in [0.25, 0.3) is 0 Å². The van der Waals surface area contributed by atoms with Crippen molar-refractivity contribution in [2.45, 2.75) is 0 Å². The van der Waals surface area contributed by atoms with Gasteiger partial charge in [-0.1, -0.05) is 30.3 Å². The standard InChI is InChI=1S/C13H11N3/c14-11-10-7-4-8-15-13(10)16-12(11)9-5-2-1-3-6-9/h1-8H,14H2,(H,15,16). The van der Waals surface area contributed by atoms with Gasteiger partial charge in [0.15, 0.2) is 0 Å². The molecule has 3 rings (SSSR count). The summed E-state index contributed by atoms with van der Waals surface area (Å²) in [6.07, 6.45) is 1.76. The fraction of sp³-hybridized carbons (Fsp3) is 0. The number of aromatic amines is 1. The number of benzene rings is 1. The topological polar surface area (TPSA) is 54.7 Å². The minimum absolute atomic E-state index is 0.759. The van der Waals surface area contributed by atoms with E-state index in [0.29, 0.717) is 0 Å². The molecular formula is C13H11N3. The Morgan fingerprint density at radius 2 is 1.81 bits per heavy atom. The first-order valence-electron chi connectivity index (χ1n) is 5.14. The zero-order valence-electron chi connectivity index (χ0n) is 8.64. The maximum atomic E-state index is 6.10. The summed E-state index contributed by atoms with van der Waals surface area (Å²) >= 11 is 0. The predicted molar refractivity (Wildman–Crippen MR) is 65.9 cm³/mol. The van der Waals surface area contributed by atoms with E-state index in [0.717, 1.165) is 28.0 Å². The van der Waals surface area contributed by atoms with Crippen LogP contribution in [0.25, 0.3) is 22.3 Å². The van der Waals surface area contributed by atoms with Gasteiger partial charge in [0, 0.05) is 17.1 Å². The van der Waals surface area contributed by atoms with Crippen LogP contribution < -0.4 is 5.73 Å². The van der Waals surface area contributed by atoms with Crippen molar-refractivity contribution < 1.29 is 0 Å². The van der Waals surface area contributed by atoms with E-state index in [-0.39, 0.29) is 0 Å². The van der Waals surface area contributed by atoms with Crippen LogP contribution in [-0.2, 0) is 0 Å². The van der Waals surface area contributed by atoms with E-state index in [1.165, 1.54) is 0 Å². The quantitative estimate of drug-likeness (QED) is 0.647. The van der Waals surface area contributed by atoms with Gasteiger partial charge in [-0.15, -0.1) is 0 Å². The van der Waals surface area contributed by atoms with Crippen LogP contribution in [0.3, 0.4) is 0 Å². The number of H-pyrrole nitrogens is 1. The van der Waals surface area contributed by atoms with Crippen molar-refractivity contribution in [3.05, 3.63) is 48.7 Å². The van der Waals surface area contributed by atoms with Crippen molar-refractivity contribution >= 4 is 16.7 Å². The number of hydrogen-bond acceptors (Lipinski definition) is 2. The van der Waals surface area contributed by atoms with Crippen LogP contribution in [0.2, 0.25) is 0 Å². The van der Waals surface area contributed by atoms with Crippen LogP contribution in [0.5, 0.6) is 0 Å². The Balaban J connectivity index is 2.29. The molecule has 3 nitrogen and oxygen atoms in total. The summed E-state index contributed by atoms with van der Waals surface area (Å²) < 4.78 is 0. The van der Waals surface area contributed by atoms with Gasteiger partial charge in [0.2, 0.25) is 0 Å². The molecule has 0 radical (unpaired) electrons. The Labute approximate surface area is 92.9 Å². The number of nitrogens with two attached hydrogens (primary N) is 1. The maximum Gasteiger partial charge on any atom is 0.139 e. The van der Waals surface area contributed by atoms with Crippen LogP contribution in [-0.4, -0.2) is 9.97 Å². The summed E-state index contributed by atoms with van der Waals surface area (Å²) in [5, 5.41) is 0.973. The molecule has 0 aliphatic rings. The van der Waals surface area contributed by atoms with Crippen molar-refractivity contribution in [1.82, 2.24) is 9.97 Å². The summed E-state index contributed by atoms with van der Waals surface area (Å²) in [4.78, 5) is 7.50. The number of hydrogen-bond donors (Lipinski definition) is 2. The normalized spacial score (nSPS) is 10.8. The molecule has 0 amide bonds. The van der Waals surface area contributed by atoms with E-state index in [4.69, 9.17) is 5.73 Å². The number of fused-ring (bicyclic) bond motifs is 1. The molecule has 0 atom stereocenters. The van der Waals surface area contributed by atoms with Crippen LogP contribution >= 0.6 is 0 Å². The smallest absolute Gasteiger partial charge is 0.139 e. The van der Waals surface area contributed by atoms with Gasteiger partial charge in [-0.2, -0.15) is 0 Å². The lowest BCUT2D eigenvalue weighted by Crippen LogP contribution is -1.86.